The van der Waals surface area contributed by atoms with Gasteiger partial charge in [-0.05, 0) is 0 Å². The standard InChI is InChI=1S/C8H12N2O3/c1-5(11)12-7-6(8(2,3)4)9-10-13-7/h1-4H3. The number of esters is 1. The number of nitrogens with zero attached hydrogens (tertiary/aromatic N) is 2. The van der Waals surface area contributed by atoms with E-state index >= 15 is 0 Å². The highest BCUT2D eigenvalue weighted by atomic mass is 16.7. The van der Waals surface area contributed by atoms with E-state index in [0.29, 0.717) is 5.69 Å². The SMILES string of the molecule is CC(=O)Oc1onnc1C(C)(C)C. The van der Waals surface area contributed by atoms with E-state index in [0.717, 1.165) is 0 Å². The van der Waals surface area contributed by atoms with Crippen molar-refractivity contribution in [2.45, 2.75) is 33.1 Å². The first-order chi connectivity index (χ1) is 5.91. The first kappa shape index (κ1) is 9.70. The molecule has 0 saturated heterocycles. The molecule has 72 valence electrons. The Kier molecular flexibility index (Phi) is 2.36. The van der Waals surface area contributed by atoms with Crippen LogP contribution in [0.25, 0.3) is 0 Å². The monoisotopic (exact) mass is 184 g/mol. The van der Waals surface area contributed by atoms with Gasteiger partial charge in [-0.25, -0.2) is 0 Å². The highest BCUT2D eigenvalue weighted by molar-refractivity contribution is 5.68. The summed E-state index contributed by atoms with van der Waals surface area (Å²) in [7, 11) is 0. The number of carbonyl (C=O) groups is 1. The van der Waals surface area contributed by atoms with Crippen LogP contribution < -0.4 is 4.74 Å². The molecule has 1 aromatic rings. The average Bonchev–Trinajstić information content (AvgIpc) is 2.31. The fraction of sp³-hybridized carbons (Fsp3) is 0.625. The van der Waals surface area contributed by atoms with Gasteiger partial charge in [0, 0.05) is 17.6 Å². The van der Waals surface area contributed by atoms with E-state index < -0.39 is 5.97 Å². The van der Waals surface area contributed by atoms with Crippen LogP contribution >= 0.6 is 0 Å². The lowest BCUT2D eigenvalue weighted by molar-refractivity contribution is -0.133. The molecule has 0 fully saturated rings. The van der Waals surface area contributed by atoms with Crippen molar-refractivity contribution in [1.29, 1.82) is 0 Å². The number of rotatable bonds is 1. The van der Waals surface area contributed by atoms with Gasteiger partial charge in [-0.3, -0.25) is 9.32 Å². The van der Waals surface area contributed by atoms with Crippen molar-refractivity contribution in [3.63, 3.8) is 0 Å². The summed E-state index contributed by atoms with van der Waals surface area (Å²) in [6.45, 7) is 7.09. The van der Waals surface area contributed by atoms with Crippen molar-refractivity contribution in [3.05, 3.63) is 5.69 Å². The minimum Gasteiger partial charge on any atom is -0.390 e. The highest BCUT2D eigenvalue weighted by Gasteiger charge is 2.26. The predicted molar refractivity (Wildman–Crippen MR) is 44.3 cm³/mol. The van der Waals surface area contributed by atoms with Crippen LogP contribution in [0.3, 0.4) is 0 Å². The molecule has 0 unspecified atom stereocenters. The Balaban J connectivity index is 2.96. The maximum Gasteiger partial charge on any atom is 0.343 e. The van der Waals surface area contributed by atoms with Crippen molar-refractivity contribution in [2.75, 3.05) is 0 Å². The molecule has 5 nitrogen and oxygen atoms in total. The van der Waals surface area contributed by atoms with Crippen LogP contribution in [0.2, 0.25) is 0 Å². The van der Waals surface area contributed by atoms with Crippen molar-refractivity contribution in [1.82, 2.24) is 10.4 Å². The Morgan fingerprint density at radius 1 is 1.46 bits per heavy atom. The summed E-state index contributed by atoms with van der Waals surface area (Å²) >= 11 is 0. The number of hydrogen-bond donors (Lipinski definition) is 0. The lowest BCUT2D eigenvalue weighted by Gasteiger charge is -2.13. The van der Waals surface area contributed by atoms with Gasteiger partial charge in [0.2, 0.25) is 0 Å². The maximum atomic E-state index is 10.7. The Morgan fingerprint density at radius 2 is 2.08 bits per heavy atom. The maximum absolute atomic E-state index is 10.7. The molecule has 13 heavy (non-hydrogen) atoms. The van der Waals surface area contributed by atoms with Crippen LogP contribution in [0.4, 0.5) is 0 Å². The number of ether oxygens (including phenoxy) is 1. The molecule has 0 spiro atoms. The van der Waals surface area contributed by atoms with Crippen LogP contribution in [-0.4, -0.2) is 16.3 Å². The third kappa shape index (κ3) is 2.27. The Hall–Kier alpha value is -1.39. The van der Waals surface area contributed by atoms with Crippen LogP contribution in [0.5, 0.6) is 5.95 Å². The number of aromatic nitrogens is 2. The highest BCUT2D eigenvalue weighted by Crippen LogP contribution is 2.28. The lowest BCUT2D eigenvalue weighted by Crippen LogP contribution is -2.14. The van der Waals surface area contributed by atoms with Crippen molar-refractivity contribution >= 4 is 5.97 Å². The summed E-state index contributed by atoms with van der Waals surface area (Å²) in [5, 5.41) is 7.09. The summed E-state index contributed by atoms with van der Waals surface area (Å²) < 4.78 is 9.48. The van der Waals surface area contributed by atoms with E-state index in [1.165, 1.54) is 6.92 Å². The zero-order valence-electron chi connectivity index (χ0n) is 8.12. The van der Waals surface area contributed by atoms with Crippen molar-refractivity contribution < 1.29 is 14.1 Å². The molecule has 0 amide bonds. The molecule has 0 aliphatic rings. The second-order valence-electron chi connectivity index (χ2n) is 3.75. The molecule has 1 heterocycles. The van der Waals surface area contributed by atoms with Gasteiger partial charge in [0.15, 0.2) is 5.69 Å². The molecule has 0 radical (unpaired) electrons. The van der Waals surface area contributed by atoms with E-state index in [1.807, 2.05) is 20.8 Å². The topological polar surface area (TPSA) is 65.2 Å². The van der Waals surface area contributed by atoms with Crippen LogP contribution in [0.1, 0.15) is 33.4 Å². The van der Waals surface area contributed by atoms with E-state index in [-0.39, 0.29) is 11.4 Å². The van der Waals surface area contributed by atoms with Crippen LogP contribution in [0, 0.1) is 0 Å². The average molecular weight is 184 g/mol. The number of hydrogen-bond acceptors (Lipinski definition) is 5. The second kappa shape index (κ2) is 3.16. The van der Waals surface area contributed by atoms with Gasteiger partial charge in [0.05, 0.1) is 0 Å². The molecule has 0 bridgehead atoms. The summed E-state index contributed by atoms with van der Waals surface area (Å²) in [6.07, 6.45) is 0. The Bertz CT molecular complexity index is 311. The molecule has 0 aliphatic carbocycles. The van der Waals surface area contributed by atoms with Gasteiger partial charge < -0.3 is 4.74 Å². The number of carbonyl (C=O) groups excluding carboxylic acids is 1. The minimum absolute atomic E-state index is 0.0833. The quantitative estimate of drug-likeness (QED) is 0.615. The van der Waals surface area contributed by atoms with E-state index in [2.05, 4.69) is 10.4 Å². The van der Waals surface area contributed by atoms with Crippen molar-refractivity contribution in [3.8, 4) is 5.95 Å². The minimum atomic E-state index is -0.441. The van der Waals surface area contributed by atoms with E-state index in [9.17, 15) is 4.79 Å². The molecule has 0 aromatic carbocycles. The van der Waals surface area contributed by atoms with Crippen LogP contribution in [-0.2, 0) is 10.2 Å². The molecule has 5 heteroatoms. The third-order valence-electron chi connectivity index (χ3n) is 1.40. The molecule has 0 saturated carbocycles. The Morgan fingerprint density at radius 3 is 2.54 bits per heavy atom. The third-order valence-corrected chi connectivity index (χ3v) is 1.40. The molecule has 0 aliphatic heterocycles. The molecular weight excluding hydrogens is 172 g/mol. The van der Waals surface area contributed by atoms with E-state index in [4.69, 9.17) is 9.26 Å². The molecular formula is C8H12N2O3. The van der Waals surface area contributed by atoms with Gasteiger partial charge in [-0.15, -0.1) is 5.10 Å². The molecule has 1 rings (SSSR count). The predicted octanol–water partition coefficient (Wildman–Crippen LogP) is 1.29. The largest absolute Gasteiger partial charge is 0.390 e. The van der Waals surface area contributed by atoms with Crippen molar-refractivity contribution in [2.24, 2.45) is 0 Å². The van der Waals surface area contributed by atoms with Gasteiger partial charge >= 0.3 is 11.9 Å². The normalized spacial score (nSPS) is 11.4. The zero-order chi connectivity index (χ0) is 10.1. The summed E-state index contributed by atoms with van der Waals surface area (Å²) in [6, 6.07) is 0. The molecule has 0 N–H and O–H groups in total. The van der Waals surface area contributed by atoms with E-state index in [1.54, 1.807) is 0 Å². The fourth-order valence-electron chi connectivity index (χ4n) is 0.836. The molecule has 0 atom stereocenters. The molecule has 1 aromatic heterocycles. The first-order valence-corrected chi connectivity index (χ1v) is 3.92. The Labute approximate surface area is 76.0 Å². The summed E-state index contributed by atoms with van der Waals surface area (Å²) in [5.41, 5.74) is 0.299. The first-order valence-electron chi connectivity index (χ1n) is 3.92. The van der Waals surface area contributed by atoms with Gasteiger partial charge in [-0.1, -0.05) is 20.8 Å². The summed E-state index contributed by atoms with van der Waals surface area (Å²) in [5.74, 6) is -0.357. The lowest BCUT2D eigenvalue weighted by atomic mass is 9.93. The second-order valence-corrected chi connectivity index (χ2v) is 3.75. The smallest absolute Gasteiger partial charge is 0.343 e. The van der Waals surface area contributed by atoms with Gasteiger partial charge in [0.1, 0.15) is 0 Å². The van der Waals surface area contributed by atoms with Gasteiger partial charge in [-0.2, -0.15) is 0 Å². The van der Waals surface area contributed by atoms with Crippen LogP contribution in [0.15, 0.2) is 4.52 Å². The van der Waals surface area contributed by atoms with Gasteiger partial charge in [0.25, 0.3) is 0 Å². The zero-order valence-corrected chi connectivity index (χ0v) is 8.12. The summed E-state index contributed by atoms with van der Waals surface area (Å²) in [4.78, 5) is 10.7. The fourth-order valence-corrected chi connectivity index (χ4v) is 0.836.